The fourth-order valence-electron chi connectivity index (χ4n) is 3.27. The van der Waals surface area contributed by atoms with E-state index in [0.717, 1.165) is 25.9 Å². The molecule has 4 N–H and O–H groups in total. The van der Waals surface area contributed by atoms with E-state index in [1.54, 1.807) is 41.5 Å². The molecule has 2 heterocycles. The first-order valence-corrected chi connectivity index (χ1v) is 11.4. The molecule has 8 nitrogen and oxygen atoms in total. The van der Waals surface area contributed by atoms with E-state index < -0.39 is 35.7 Å². The van der Waals surface area contributed by atoms with Crippen molar-refractivity contribution in [3.63, 3.8) is 0 Å². The Kier molecular flexibility index (Phi) is 11.6. The van der Waals surface area contributed by atoms with Gasteiger partial charge in [-0.2, -0.15) is 0 Å². The van der Waals surface area contributed by atoms with Crippen molar-refractivity contribution in [3.8, 4) is 0 Å². The van der Waals surface area contributed by atoms with Gasteiger partial charge in [0.15, 0.2) is 0 Å². The molecule has 0 radical (unpaired) electrons. The van der Waals surface area contributed by atoms with Crippen molar-refractivity contribution in [2.24, 2.45) is 11.8 Å². The number of ether oxygens (including phenoxy) is 2. The molecule has 2 fully saturated rings. The highest BCUT2D eigenvalue weighted by Crippen LogP contribution is 2.16. The Morgan fingerprint density at radius 1 is 0.781 bits per heavy atom. The molecule has 0 aromatic carbocycles. The first-order valence-electron chi connectivity index (χ1n) is 11.4. The average molecular weight is 465 g/mol. The van der Waals surface area contributed by atoms with Crippen LogP contribution >= 0.6 is 0 Å². The Labute approximate surface area is 190 Å². The summed E-state index contributed by atoms with van der Waals surface area (Å²) in [5.41, 5.74) is -1.01. The third kappa shape index (κ3) is 13.0. The zero-order chi connectivity index (χ0) is 24.4. The summed E-state index contributed by atoms with van der Waals surface area (Å²) in [4.78, 5) is 22.7. The molecule has 0 bridgehead atoms. The summed E-state index contributed by atoms with van der Waals surface area (Å²) >= 11 is 0. The second-order valence-electron chi connectivity index (χ2n) is 10.3. The Hall–Kier alpha value is -1.68. The minimum absolute atomic E-state index is 0.103. The maximum atomic E-state index is 13.4. The predicted octanol–water partition coefficient (Wildman–Crippen LogP) is 2.92. The maximum absolute atomic E-state index is 13.4. The minimum atomic E-state index is -0.885. The highest BCUT2D eigenvalue weighted by molar-refractivity contribution is 5.68. The lowest BCUT2D eigenvalue weighted by atomic mass is 9.96. The summed E-state index contributed by atoms with van der Waals surface area (Å²) in [5, 5.41) is 11.2. The molecule has 0 aromatic heterocycles. The van der Waals surface area contributed by atoms with Crippen LogP contribution in [0.4, 0.5) is 18.4 Å². The highest BCUT2D eigenvalue weighted by Gasteiger charge is 2.26. The number of rotatable bonds is 4. The van der Waals surface area contributed by atoms with Crippen LogP contribution in [0.25, 0.3) is 0 Å². The molecule has 2 rings (SSSR count). The topological polar surface area (TPSA) is 101 Å². The van der Waals surface area contributed by atoms with Gasteiger partial charge in [-0.05, 0) is 67.5 Å². The number of alkyl carbamates (subject to hydrolysis) is 2. The average Bonchev–Trinajstić information content (AvgIpc) is 2.64. The van der Waals surface area contributed by atoms with Crippen LogP contribution in [0.2, 0.25) is 0 Å². The van der Waals surface area contributed by atoms with Crippen molar-refractivity contribution in [2.75, 3.05) is 39.3 Å². The molecule has 10 heteroatoms. The van der Waals surface area contributed by atoms with Gasteiger partial charge in [-0.15, -0.1) is 0 Å². The fourth-order valence-corrected chi connectivity index (χ4v) is 3.27. The Morgan fingerprint density at radius 3 is 1.41 bits per heavy atom. The van der Waals surface area contributed by atoms with Gasteiger partial charge in [-0.3, -0.25) is 0 Å². The van der Waals surface area contributed by atoms with Crippen molar-refractivity contribution in [3.05, 3.63) is 0 Å². The van der Waals surface area contributed by atoms with E-state index in [0.29, 0.717) is 26.2 Å². The number of halogens is 2. The largest absolute Gasteiger partial charge is 0.444 e. The molecule has 2 saturated heterocycles. The fraction of sp³-hybridized carbons (Fsp3) is 0.909. The second kappa shape index (κ2) is 13.1. The SMILES string of the molecule is CC(C)(C)OC(=O)NC[C@@H]1CCNC[C@H]1F.CC(C)(C)OC(=O)NC[C@H]1CCNC[C@@H]1F. The Bertz CT molecular complexity index is 531. The van der Waals surface area contributed by atoms with Crippen LogP contribution < -0.4 is 21.3 Å². The zero-order valence-corrected chi connectivity index (χ0v) is 20.4. The van der Waals surface area contributed by atoms with E-state index in [9.17, 15) is 18.4 Å². The van der Waals surface area contributed by atoms with Gasteiger partial charge >= 0.3 is 12.2 Å². The standard InChI is InChI=1S/2C11H21FN2O2/c2*1-11(2,3)16-10(15)14-6-8-4-5-13-7-9(8)12/h2*8-9,13H,4-7H2,1-3H3,(H,14,15)/t2*8-,9+/m10/s1. The number of carbonyl (C=O) groups excluding carboxylic acids is 2. The molecule has 2 amide bonds. The number of piperidine rings is 2. The molecular formula is C22H42F2N4O4. The van der Waals surface area contributed by atoms with Crippen LogP contribution in [0.15, 0.2) is 0 Å². The molecule has 188 valence electrons. The normalized spacial score (nSPS) is 26.2. The quantitative estimate of drug-likeness (QED) is 0.511. The van der Waals surface area contributed by atoms with Crippen LogP contribution in [0.5, 0.6) is 0 Å². The van der Waals surface area contributed by atoms with Crippen LogP contribution in [0.3, 0.4) is 0 Å². The van der Waals surface area contributed by atoms with Gasteiger partial charge in [-0.1, -0.05) is 0 Å². The van der Waals surface area contributed by atoms with E-state index in [4.69, 9.17) is 9.47 Å². The summed E-state index contributed by atoms with van der Waals surface area (Å²) in [6.45, 7) is 13.9. The third-order valence-electron chi connectivity index (χ3n) is 4.90. The molecule has 32 heavy (non-hydrogen) atoms. The maximum Gasteiger partial charge on any atom is 0.407 e. The summed E-state index contributed by atoms with van der Waals surface area (Å²) in [6, 6.07) is 0. The van der Waals surface area contributed by atoms with Crippen LogP contribution in [-0.4, -0.2) is 75.0 Å². The lowest BCUT2D eigenvalue weighted by Gasteiger charge is -2.27. The minimum Gasteiger partial charge on any atom is -0.444 e. The summed E-state index contributed by atoms with van der Waals surface area (Å²) in [6.07, 6.45) is -1.22. The van der Waals surface area contributed by atoms with Crippen LogP contribution in [-0.2, 0) is 9.47 Å². The van der Waals surface area contributed by atoms with Gasteiger partial charge in [0.05, 0.1) is 0 Å². The number of hydrogen-bond acceptors (Lipinski definition) is 6. The van der Waals surface area contributed by atoms with Crippen molar-refractivity contribution < 1.29 is 27.8 Å². The summed E-state index contributed by atoms with van der Waals surface area (Å²) in [5.74, 6) is -0.206. The Morgan fingerprint density at radius 2 is 1.12 bits per heavy atom. The van der Waals surface area contributed by atoms with Crippen molar-refractivity contribution in [2.45, 2.75) is 77.9 Å². The van der Waals surface area contributed by atoms with Gasteiger partial charge in [0.2, 0.25) is 0 Å². The smallest absolute Gasteiger partial charge is 0.407 e. The molecule has 0 unspecified atom stereocenters. The number of hydrogen-bond donors (Lipinski definition) is 4. The second-order valence-corrected chi connectivity index (χ2v) is 10.3. The molecular weight excluding hydrogens is 422 g/mol. The molecule has 2 aliphatic rings. The molecule has 2 aliphatic heterocycles. The Balaban J connectivity index is 0.000000320. The van der Waals surface area contributed by atoms with Crippen LogP contribution in [0.1, 0.15) is 54.4 Å². The molecule has 0 aromatic rings. The van der Waals surface area contributed by atoms with Gasteiger partial charge in [0.25, 0.3) is 0 Å². The summed E-state index contributed by atoms with van der Waals surface area (Å²) in [7, 11) is 0. The zero-order valence-electron chi connectivity index (χ0n) is 20.4. The molecule has 0 aliphatic carbocycles. The molecule has 4 atom stereocenters. The molecule has 0 saturated carbocycles. The first kappa shape index (κ1) is 28.4. The van der Waals surface area contributed by atoms with E-state index in [-0.39, 0.29) is 11.8 Å². The van der Waals surface area contributed by atoms with E-state index >= 15 is 0 Å². The number of amides is 2. The number of carbonyl (C=O) groups is 2. The van der Waals surface area contributed by atoms with Crippen molar-refractivity contribution in [1.29, 1.82) is 0 Å². The van der Waals surface area contributed by atoms with E-state index in [2.05, 4.69) is 21.3 Å². The van der Waals surface area contributed by atoms with Gasteiger partial charge < -0.3 is 30.7 Å². The van der Waals surface area contributed by atoms with E-state index in [1.165, 1.54) is 0 Å². The highest BCUT2D eigenvalue weighted by atomic mass is 19.1. The van der Waals surface area contributed by atoms with Gasteiger partial charge in [0.1, 0.15) is 23.5 Å². The summed E-state index contributed by atoms with van der Waals surface area (Å²) < 4.78 is 36.9. The lowest BCUT2D eigenvalue weighted by molar-refractivity contribution is 0.0490. The third-order valence-corrected chi connectivity index (χ3v) is 4.90. The van der Waals surface area contributed by atoms with Crippen LogP contribution in [0, 0.1) is 11.8 Å². The lowest BCUT2D eigenvalue weighted by Crippen LogP contribution is -2.44. The van der Waals surface area contributed by atoms with Crippen molar-refractivity contribution >= 4 is 12.2 Å². The first-order chi connectivity index (χ1) is 14.8. The van der Waals surface area contributed by atoms with Gasteiger partial charge in [0, 0.05) is 38.0 Å². The van der Waals surface area contributed by atoms with E-state index in [1.807, 2.05) is 0 Å². The predicted molar refractivity (Wildman–Crippen MR) is 120 cm³/mol. The number of alkyl halides is 2. The number of nitrogens with one attached hydrogen (secondary N) is 4. The molecule has 0 spiro atoms. The van der Waals surface area contributed by atoms with Gasteiger partial charge in [-0.25, -0.2) is 18.4 Å². The van der Waals surface area contributed by atoms with Crippen molar-refractivity contribution in [1.82, 2.24) is 21.3 Å². The monoisotopic (exact) mass is 464 g/mol.